The van der Waals surface area contributed by atoms with E-state index in [9.17, 15) is 22.8 Å². The number of ether oxygens (including phenoxy) is 1. The molecule has 0 saturated heterocycles. The number of nitrogens with two attached hydrogens (primary N) is 1. The number of esters is 1. The first kappa shape index (κ1) is 15.7. The van der Waals surface area contributed by atoms with Crippen LogP contribution in [0.3, 0.4) is 0 Å². The molecule has 1 atom stereocenters. The average Bonchev–Trinajstić information content (AvgIpc) is 2.35. The van der Waals surface area contributed by atoms with Gasteiger partial charge in [-0.15, -0.1) is 0 Å². The maximum atomic E-state index is 12.5. The smallest absolute Gasteiger partial charge is 0.416 e. The van der Waals surface area contributed by atoms with E-state index in [-0.39, 0.29) is 5.56 Å². The number of primary amides is 1. The molecule has 2 N–H and O–H groups in total. The third kappa shape index (κ3) is 4.75. The van der Waals surface area contributed by atoms with Gasteiger partial charge in [-0.1, -0.05) is 12.1 Å². The van der Waals surface area contributed by atoms with Gasteiger partial charge in [-0.3, -0.25) is 4.79 Å². The van der Waals surface area contributed by atoms with E-state index in [1.807, 2.05) is 0 Å². The van der Waals surface area contributed by atoms with E-state index in [0.717, 1.165) is 24.3 Å². The summed E-state index contributed by atoms with van der Waals surface area (Å²) in [6.45, 7) is 1.29. The molecule has 0 bridgehead atoms. The molecule has 7 heteroatoms. The minimum absolute atomic E-state index is 0.184. The lowest BCUT2D eigenvalue weighted by molar-refractivity contribution is -0.148. The van der Waals surface area contributed by atoms with E-state index in [2.05, 4.69) is 4.74 Å². The van der Waals surface area contributed by atoms with Gasteiger partial charge < -0.3 is 10.5 Å². The second kappa shape index (κ2) is 6.23. The normalized spacial score (nSPS) is 13.2. The van der Waals surface area contributed by atoms with Crippen molar-refractivity contribution in [1.82, 2.24) is 0 Å². The second-order valence-electron chi connectivity index (χ2n) is 3.94. The second-order valence-corrected chi connectivity index (χ2v) is 3.94. The molecule has 1 aromatic carbocycles. The average molecular weight is 287 g/mol. The van der Waals surface area contributed by atoms with Crippen molar-refractivity contribution in [1.29, 1.82) is 0 Å². The summed E-state index contributed by atoms with van der Waals surface area (Å²) in [5.74, 6) is -1.68. The number of amides is 1. The fourth-order valence-electron chi connectivity index (χ4n) is 1.25. The summed E-state index contributed by atoms with van der Waals surface area (Å²) in [7, 11) is 0. The molecule has 0 fully saturated rings. The molecule has 20 heavy (non-hydrogen) atoms. The Labute approximate surface area is 113 Å². The van der Waals surface area contributed by atoms with E-state index in [0.29, 0.717) is 0 Å². The number of hydrogen-bond donors (Lipinski definition) is 1. The lowest BCUT2D eigenvalue weighted by Gasteiger charge is -2.07. The monoisotopic (exact) mass is 287 g/mol. The number of carbonyl (C=O) groups is 2. The minimum Gasteiger partial charge on any atom is -0.449 e. The molecule has 1 aromatic rings. The third-order valence-corrected chi connectivity index (χ3v) is 2.32. The predicted molar refractivity (Wildman–Crippen MR) is 65.2 cm³/mol. The Morgan fingerprint density at radius 1 is 1.35 bits per heavy atom. The zero-order chi connectivity index (χ0) is 15.3. The van der Waals surface area contributed by atoms with Crippen molar-refractivity contribution in [3.8, 4) is 0 Å². The van der Waals surface area contributed by atoms with Gasteiger partial charge in [0.15, 0.2) is 6.10 Å². The molecule has 0 aliphatic heterocycles. The van der Waals surface area contributed by atoms with Crippen LogP contribution in [0.25, 0.3) is 6.08 Å². The maximum absolute atomic E-state index is 12.5. The van der Waals surface area contributed by atoms with Crippen molar-refractivity contribution >= 4 is 18.0 Å². The summed E-state index contributed by atoms with van der Waals surface area (Å²) < 4.78 is 42.0. The Kier molecular flexibility index (Phi) is 4.90. The summed E-state index contributed by atoms with van der Waals surface area (Å²) in [6, 6.07) is 4.43. The van der Waals surface area contributed by atoms with Gasteiger partial charge in [-0.2, -0.15) is 13.2 Å². The predicted octanol–water partition coefficient (Wildman–Crippen LogP) is 2.14. The van der Waals surface area contributed by atoms with Crippen LogP contribution in [0.4, 0.5) is 13.2 Å². The van der Waals surface area contributed by atoms with E-state index >= 15 is 0 Å². The highest BCUT2D eigenvalue weighted by molar-refractivity contribution is 5.89. The van der Waals surface area contributed by atoms with Gasteiger partial charge in [0, 0.05) is 6.08 Å². The Balaban J connectivity index is 2.76. The molecule has 0 aliphatic rings. The zero-order valence-corrected chi connectivity index (χ0v) is 10.5. The van der Waals surface area contributed by atoms with Crippen LogP contribution in [-0.4, -0.2) is 18.0 Å². The Morgan fingerprint density at radius 2 is 2.00 bits per heavy atom. The third-order valence-electron chi connectivity index (χ3n) is 2.32. The van der Waals surface area contributed by atoms with Crippen molar-refractivity contribution in [2.24, 2.45) is 5.73 Å². The van der Waals surface area contributed by atoms with Crippen LogP contribution in [0.2, 0.25) is 0 Å². The number of halogens is 3. The molecule has 0 radical (unpaired) electrons. The van der Waals surface area contributed by atoms with Gasteiger partial charge in [-0.25, -0.2) is 4.79 Å². The van der Waals surface area contributed by atoms with Gasteiger partial charge in [0.05, 0.1) is 5.56 Å². The number of hydrogen-bond acceptors (Lipinski definition) is 3. The van der Waals surface area contributed by atoms with Crippen molar-refractivity contribution in [2.75, 3.05) is 0 Å². The van der Waals surface area contributed by atoms with E-state index < -0.39 is 29.7 Å². The molecule has 0 spiro atoms. The molecule has 0 unspecified atom stereocenters. The SMILES string of the molecule is C[C@@H](OC(=O)/C=C\c1cccc(C(F)(F)F)c1)C(N)=O. The zero-order valence-electron chi connectivity index (χ0n) is 10.5. The number of benzene rings is 1. The van der Waals surface area contributed by atoms with Gasteiger partial charge in [-0.05, 0) is 30.7 Å². The largest absolute Gasteiger partial charge is 0.449 e. The summed E-state index contributed by atoms with van der Waals surface area (Å²) >= 11 is 0. The van der Waals surface area contributed by atoms with E-state index in [1.165, 1.54) is 19.1 Å². The van der Waals surface area contributed by atoms with Crippen LogP contribution in [-0.2, 0) is 20.5 Å². The summed E-state index contributed by atoms with van der Waals surface area (Å²) in [6.07, 6.45) is -3.47. The fraction of sp³-hybridized carbons (Fsp3) is 0.231. The first-order valence-corrected chi connectivity index (χ1v) is 5.55. The van der Waals surface area contributed by atoms with Crippen molar-refractivity contribution in [3.05, 3.63) is 41.5 Å². The van der Waals surface area contributed by atoms with Gasteiger partial charge in [0.1, 0.15) is 0 Å². The minimum atomic E-state index is -4.45. The first-order valence-electron chi connectivity index (χ1n) is 5.55. The quantitative estimate of drug-likeness (QED) is 0.681. The lowest BCUT2D eigenvalue weighted by Crippen LogP contribution is -2.29. The van der Waals surface area contributed by atoms with Gasteiger partial charge >= 0.3 is 12.1 Å². The molecule has 108 valence electrons. The molecule has 4 nitrogen and oxygen atoms in total. The van der Waals surface area contributed by atoms with Crippen LogP contribution in [0.15, 0.2) is 30.3 Å². The van der Waals surface area contributed by atoms with Crippen molar-refractivity contribution < 1.29 is 27.5 Å². The van der Waals surface area contributed by atoms with Crippen LogP contribution < -0.4 is 5.73 Å². The highest BCUT2D eigenvalue weighted by atomic mass is 19.4. The van der Waals surface area contributed by atoms with E-state index in [1.54, 1.807) is 0 Å². The Hall–Kier alpha value is -2.31. The first-order chi connectivity index (χ1) is 9.20. The molecule has 0 aromatic heterocycles. The molecular formula is C13H12F3NO3. The summed E-state index contributed by atoms with van der Waals surface area (Å²) in [5, 5.41) is 0. The maximum Gasteiger partial charge on any atom is 0.416 e. The van der Waals surface area contributed by atoms with Crippen LogP contribution in [0.1, 0.15) is 18.1 Å². The van der Waals surface area contributed by atoms with E-state index in [4.69, 9.17) is 5.73 Å². The van der Waals surface area contributed by atoms with Crippen LogP contribution in [0.5, 0.6) is 0 Å². The topological polar surface area (TPSA) is 69.4 Å². The molecule has 0 heterocycles. The Morgan fingerprint density at radius 3 is 2.55 bits per heavy atom. The molecule has 0 saturated carbocycles. The lowest BCUT2D eigenvalue weighted by atomic mass is 10.1. The number of rotatable bonds is 4. The van der Waals surface area contributed by atoms with Crippen LogP contribution in [0, 0.1) is 0 Å². The molecule has 1 amide bonds. The Bertz CT molecular complexity index is 538. The number of carbonyl (C=O) groups excluding carboxylic acids is 2. The molecule has 0 aliphatic carbocycles. The fourth-order valence-corrected chi connectivity index (χ4v) is 1.25. The summed E-state index contributed by atoms with van der Waals surface area (Å²) in [5.41, 5.74) is 4.26. The standard InChI is InChI=1S/C13H12F3NO3/c1-8(12(17)19)20-11(18)6-5-9-3-2-4-10(7-9)13(14,15)16/h2-8H,1H3,(H2,17,19)/b6-5-/t8-/m1/s1. The number of alkyl halides is 3. The van der Waals surface area contributed by atoms with Crippen molar-refractivity contribution in [2.45, 2.75) is 19.2 Å². The highest BCUT2D eigenvalue weighted by Gasteiger charge is 2.30. The van der Waals surface area contributed by atoms with Gasteiger partial charge in [0.25, 0.3) is 5.91 Å². The van der Waals surface area contributed by atoms with Crippen molar-refractivity contribution in [3.63, 3.8) is 0 Å². The molecular weight excluding hydrogens is 275 g/mol. The summed E-state index contributed by atoms with van der Waals surface area (Å²) in [4.78, 5) is 21.9. The van der Waals surface area contributed by atoms with Crippen LogP contribution >= 0.6 is 0 Å². The highest BCUT2D eigenvalue weighted by Crippen LogP contribution is 2.29. The molecule has 1 rings (SSSR count). The van der Waals surface area contributed by atoms with Gasteiger partial charge in [0.2, 0.25) is 0 Å².